The van der Waals surface area contributed by atoms with E-state index in [4.69, 9.17) is 45.3 Å². The SMILES string of the molecule is NC(=O)C1(OC(=O)c2nc(-c3ccc(Cl)cc3)c(-c3ccc(Cl)cc3Cl)s2)CCCCC1. The molecule has 0 saturated heterocycles. The summed E-state index contributed by atoms with van der Waals surface area (Å²) in [7, 11) is 0. The Labute approximate surface area is 204 Å². The Morgan fingerprint density at radius 1 is 0.969 bits per heavy atom. The van der Waals surface area contributed by atoms with E-state index in [0.29, 0.717) is 44.0 Å². The van der Waals surface area contributed by atoms with Crippen molar-refractivity contribution in [2.75, 3.05) is 0 Å². The van der Waals surface area contributed by atoms with Crippen molar-refractivity contribution in [3.8, 4) is 21.7 Å². The highest BCUT2D eigenvalue weighted by atomic mass is 35.5. The second kappa shape index (κ2) is 9.40. The van der Waals surface area contributed by atoms with E-state index in [1.54, 1.807) is 30.3 Å². The van der Waals surface area contributed by atoms with Crippen LogP contribution in [-0.4, -0.2) is 22.5 Å². The van der Waals surface area contributed by atoms with Gasteiger partial charge in [0, 0.05) is 21.2 Å². The first-order valence-corrected chi connectivity index (χ1v) is 12.0. The van der Waals surface area contributed by atoms with Crippen LogP contribution in [0.25, 0.3) is 21.7 Å². The summed E-state index contributed by atoms with van der Waals surface area (Å²) in [6.07, 6.45) is 3.36. The fourth-order valence-corrected chi connectivity index (χ4v) is 5.50. The van der Waals surface area contributed by atoms with E-state index in [0.717, 1.165) is 36.2 Å². The number of ether oxygens (including phenoxy) is 1. The van der Waals surface area contributed by atoms with Crippen molar-refractivity contribution in [2.45, 2.75) is 37.7 Å². The monoisotopic (exact) mass is 508 g/mol. The van der Waals surface area contributed by atoms with Crippen LogP contribution in [-0.2, 0) is 9.53 Å². The van der Waals surface area contributed by atoms with Gasteiger partial charge in [0.25, 0.3) is 5.91 Å². The Bertz CT molecular complexity index is 1170. The molecule has 5 nitrogen and oxygen atoms in total. The summed E-state index contributed by atoms with van der Waals surface area (Å²) < 4.78 is 5.69. The first-order chi connectivity index (χ1) is 15.3. The molecule has 1 saturated carbocycles. The number of rotatable bonds is 5. The van der Waals surface area contributed by atoms with Crippen LogP contribution in [0.2, 0.25) is 15.1 Å². The predicted octanol–water partition coefficient (Wildman–Crippen LogP) is 6.78. The molecule has 2 aromatic carbocycles. The molecule has 0 radical (unpaired) electrons. The minimum absolute atomic E-state index is 0.113. The summed E-state index contributed by atoms with van der Waals surface area (Å²) in [5, 5.41) is 1.62. The lowest BCUT2D eigenvalue weighted by Crippen LogP contribution is -2.49. The smallest absolute Gasteiger partial charge is 0.368 e. The summed E-state index contributed by atoms with van der Waals surface area (Å²) in [5.74, 6) is -1.30. The standard InChI is InChI=1S/C23H19Cl3N2O3S/c24-14-6-4-13(5-7-14)18-19(16-9-8-15(25)12-17(16)26)32-20(28-18)21(29)31-23(22(27)30)10-2-1-3-11-23/h4-9,12H,1-3,10-11H2,(H2,27,30). The molecule has 0 atom stereocenters. The van der Waals surface area contributed by atoms with Crippen LogP contribution in [0.5, 0.6) is 0 Å². The molecule has 1 fully saturated rings. The van der Waals surface area contributed by atoms with Gasteiger partial charge < -0.3 is 10.5 Å². The number of thiazole rings is 1. The zero-order valence-corrected chi connectivity index (χ0v) is 20.0. The molecule has 4 rings (SSSR count). The van der Waals surface area contributed by atoms with Crippen molar-refractivity contribution in [1.82, 2.24) is 4.98 Å². The quantitative estimate of drug-likeness (QED) is 0.384. The van der Waals surface area contributed by atoms with Gasteiger partial charge in [-0.05, 0) is 49.9 Å². The summed E-state index contributed by atoms with van der Waals surface area (Å²) in [6.45, 7) is 0. The third-order valence-electron chi connectivity index (χ3n) is 5.49. The summed E-state index contributed by atoms with van der Waals surface area (Å²) in [4.78, 5) is 30.5. The molecule has 3 aromatic rings. The Morgan fingerprint density at radius 3 is 2.25 bits per heavy atom. The number of benzene rings is 2. The number of carbonyl (C=O) groups is 2. The number of aromatic nitrogens is 1. The van der Waals surface area contributed by atoms with Crippen molar-refractivity contribution in [1.29, 1.82) is 0 Å². The van der Waals surface area contributed by atoms with Gasteiger partial charge in [-0.2, -0.15) is 0 Å². The highest BCUT2D eigenvalue weighted by Crippen LogP contribution is 2.42. The number of amides is 1. The fourth-order valence-electron chi connectivity index (χ4n) is 3.81. The molecule has 1 aromatic heterocycles. The predicted molar refractivity (Wildman–Crippen MR) is 128 cm³/mol. The van der Waals surface area contributed by atoms with E-state index >= 15 is 0 Å². The Kier molecular flexibility index (Phi) is 6.77. The van der Waals surface area contributed by atoms with Crippen LogP contribution in [0.1, 0.15) is 41.9 Å². The van der Waals surface area contributed by atoms with Gasteiger partial charge in [0.2, 0.25) is 5.01 Å². The molecule has 32 heavy (non-hydrogen) atoms. The summed E-state index contributed by atoms with van der Waals surface area (Å²) >= 11 is 19.7. The first-order valence-electron chi connectivity index (χ1n) is 10.0. The average Bonchev–Trinajstić information content (AvgIpc) is 3.20. The maximum absolute atomic E-state index is 13.1. The Hall–Kier alpha value is -2.12. The molecular formula is C23H19Cl3N2O3S. The molecule has 166 valence electrons. The molecule has 0 unspecified atom stereocenters. The Balaban J connectivity index is 1.77. The number of halogens is 3. The zero-order chi connectivity index (χ0) is 22.9. The number of nitrogens with zero attached hydrogens (tertiary/aromatic N) is 1. The van der Waals surface area contributed by atoms with E-state index in [9.17, 15) is 9.59 Å². The van der Waals surface area contributed by atoms with Crippen molar-refractivity contribution >= 4 is 58.0 Å². The number of hydrogen-bond donors (Lipinski definition) is 1. The van der Waals surface area contributed by atoms with Gasteiger partial charge in [-0.25, -0.2) is 9.78 Å². The fraction of sp³-hybridized carbons (Fsp3) is 0.261. The third kappa shape index (κ3) is 4.64. The molecule has 0 bridgehead atoms. The van der Waals surface area contributed by atoms with Crippen LogP contribution in [0.15, 0.2) is 42.5 Å². The van der Waals surface area contributed by atoms with Crippen LogP contribution >= 0.6 is 46.1 Å². The molecule has 9 heteroatoms. The molecule has 0 aliphatic heterocycles. The molecule has 1 aliphatic carbocycles. The number of primary amides is 1. The molecule has 1 aliphatic rings. The molecule has 1 amide bonds. The van der Waals surface area contributed by atoms with Crippen LogP contribution < -0.4 is 5.73 Å². The Morgan fingerprint density at radius 2 is 1.62 bits per heavy atom. The minimum Gasteiger partial charge on any atom is -0.444 e. The lowest BCUT2D eigenvalue weighted by atomic mass is 9.84. The van der Waals surface area contributed by atoms with E-state index in [1.165, 1.54) is 0 Å². The first kappa shape index (κ1) is 23.1. The van der Waals surface area contributed by atoms with E-state index < -0.39 is 17.5 Å². The molecular weight excluding hydrogens is 491 g/mol. The maximum atomic E-state index is 13.1. The summed E-state index contributed by atoms with van der Waals surface area (Å²) in [5.41, 5.74) is 6.32. The lowest BCUT2D eigenvalue weighted by Gasteiger charge is -2.33. The minimum atomic E-state index is -1.29. The number of nitrogens with two attached hydrogens (primary N) is 1. The van der Waals surface area contributed by atoms with E-state index in [1.807, 2.05) is 12.1 Å². The summed E-state index contributed by atoms with van der Waals surface area (Å²) in [6, 6.07) is 12.2. The third-order valence-corrected chi connectivity index (χ3v) is 7.36. The highest BCUT2D eigenvalue weighted by molar-refractivity contribution is 7.17. The lowest BCUT2D eigenvalue weighted by molar-refractivity contribution is -0.140. The van der Waals surface area contributed by atoms with Crippen molar-refractivity contribution in [2.24, 2.45) is 5.73 Å². The molecule has 2 N–H and O–H groups in total. The van der Waals surface area contributed by atoms with Gasteiger partial charge in [-0.3, -0.25) is 4.79 Å². The van der Waals surface area contributed by atoms with Gasteiger partial charge in [-0.15, -0.1) is 11.3 Å². The second-order valence-electron chi connectivity index (χ2n) is 7.64. The van der Waals surface area contributed by atoms with E-state index in [2.05, 4.69) is 4.98 Å². The molecule has 0 spiro atoms. The second-order valence-corrected chi connectivity index (χ2v) is 9.92. The zero-order valence-electron chi connectivity index (χ0n) is 16.9. The number of esters is 1. The van der Waals surface area contributed by atoms with Crippen LogP contribution in [0.4, 0.5) is 0 Å². The normalized spacial score (nSPS) is 15.3. The van der Waals surface area contributed by atoms with Crippen molar-refractivity contribution in [3.63, 3.8) is 0 Å². The van der Waals surface area contributed by atoms with Gasteiger partial charge in [0.05, 0.1) is 15.6 Å². The van der Waals surface area contributed by atoms with Crippen LogP contribution in [0, 0.1) is 0 Å². The van der Waals surface area contributed by atoms with Crippen molar-refractivity contribution in [3.05, 3.63) is 62.5 Å². The maximum Gasteiger partial charge on any atom is 0.368 e. The largest absolute Gasteiger partial charge is 0.444 e. The van der Waals surface area contributed by atoms with Gasteiger partial charge >= 0.3 is 5.97 Å². The van der Waals surface area contributed by atoms with Crippen molar-refractivity contribution < 1.29 is 14.3 Å². The van der Waals surface area contributed by atoms with Crippen LogP contribution in [0.3, 0.4) is 0 Å². The van der Waals surface area contributed by atoms with Gasteiger partial charge in [-0.1, -0.05) is 59.4 Å². The number of carbonyl (C=O) groups excluding carboxylic acids is 2. The average molecular weight is 510 g/mol. The van der Waals surface area contributed by atoms with Gasteiger partial charge in [0.1, 0.15) is 0 Å². The van der Waals surface area contributed by atoms with Gasteiger partial charge in [0.15, 0.2) is 5.60 Å². The van der Waals surface area contributed by atoms with E-state index in [-0.39, 0.29) is 5.01 Å². The topological polar surface area (TPSA) is 82.3 Å². The number of hydrogen-bond acceptors (Lipinski definition) is 5. The highest BCUT2D eigenvalue weighted by Gasteiger charge is 2.42. The molecule has 1 heterocycles.